The molecule has 3 N–H and O–H groups in total. The van der Waals surface area contributed by atoms with E-state index in [4.69, 9.17) is 10.8 Å². The molecule has 0 aromatic carbocycles. The van der Waals surface area contributed by atoms with Crippen LogP contribution in [0.2, 0.25) is 0 Å². The minimum Gasteiger partial charge on any atom is -0.481 e. The molecule has 2 aromatic rings. The molecule has 0 aliphatic rings. The highest BCUT2D eigenvalue weighted by Crippen LogP contribution is 2.18. The number of hydrogen-bond acceptors (Lipinski definition) is 4. The van der Waals surface area contributed by atoms with Crippen molar-refractivity contribution in [3.05, 3.63) is 29.7 Å². The number of aliphatic carboxylic acids is 1. The number of aromatic nitrogens is 3. The number of carbonyl (C=O) groups is 1. The Morgan fingerprint density at radius 3 is 3.12 bits per heavy atom. The van der Waals surface area contributed by atoms with Gasteiger partial charge in [0.15, 0.2) is 5.65 Å². The van der Waals surface area contributed by atoms with Gasteiger partial charge in [-0.2, -0.15) is 5.10 Å². The fraction of sp³-hybridized carbons (Fsp3) is 0.300. The SMILES string of the molecule is Cc1nc2c(C(N)CC(=O)O)cccn2n1. The van der Waals surface area contributed by atoms with E-state index in [1.807, 2.05) is 0 Å². The van der Waals surface area contributed by atoms with Gasteiger partial charge in [0.2, 0.25) is 0 Å². The molecule has 2 rings (SSSR count). The summed E-state index contributed by atoms with van der Waals surface area (Å²) in [7, 11) is 0. The van der Waals surface area contributed by atoms with Crippen molar-refractivity contribution in [3.8, 4) is 0 Å². The molecule has 2 aromatic heterocycles. The van der Waals surface area contributed by atoms with Crippen molar-refractivity contribution in [2.75, 3.05) is 0 Å². The van der Waals surface area contributed by atoms with E-state index in [0.717, 1.165) is 0 Å². The lowest BCUT2D eigenvalue weighted by molar-refractivity contribution is -0.137. The summed E-state index contributed by atoms with van der Waals surface area (Å²) in [6.07, 6.45) is 1.64. The number of carboxylic acid groups (broad SMARTS) is 1. The molecule has 0 radical (unpaired) electrons. The van der Waals surface area contributed by atoms with E-state index in [1.54, 1.807) is 29.8 Å². The number of rotatable bonds is 3. The molecule has 84 valence electrons. The van der Waals surface area contributed by atoms with Crippen LogP contribution in [0.15, 0.2) is 18.3 Å². The lowest BCUT2D eigenvalue weighted by Crippen LogP contribution is -2.16. The minimum absolute atomic E-state index is 0.119. The predicted octanol–water partition coefficient (Wildman–Crippen LogP) is 0.512. The van der Waals surface area contributed by atoms with Gasteiger partial charge in [0.05, 0.1) is 6.42 Å². The number of nitrogens with zero attached hydrogens (tertiary/aromatic N) is 3. The lowest BCUT2D eigenvalue weighted by Gasteiger charge is -2.09. The van der Waals surface area contributed by atoms with Crippen molar-refractivity contribution in [3.63, 3.8) is 0 Å². The number of aryl methyl sites for hydroxylation is 1. The van der Waals surface area contributed by atoms with Gasteiger partial charge in [-0.3, -0.25) is 4.79 Å². The summed E-state index contributed by atoms with van der Waals surface area (Å²) in [6.45, 7) is 1.78. The first-order chi connectivity index (χ1) is 7.58. The number of fused-ring (bicyclic) bond motifs is 1. The first kappa shape index (κ1) is 10.6. The van der Waals surface area contributed by atoms with Crippen LogP contribution >= 0.6 is 0 Å². The zero-order valence-corrected chi connectivity index (χ0v) is 8.79. The Morgan fingerprint density at radius 1 is 1.69 bits per heavy atom. The molecule has 0 aliphatic carbocycles. The largest absolute Gasteiger partial charge is 0.481 e. The summed E-state index contributed by atoms with van der Waals surface area (Å²) in [5.74, 6) is -0.291. The third-order valence-electron chi connectivity index (χ3n) is 2.29. The van der Waals surface area contributed by atoms with Crippen molar-refractivity contribution in [2.24, 2.45) is 5.73 Å². The standard InChI is InChI=1S/C10H12N4O2/c1-6-12-10-7(8(11)5-9(15)16)3-2-4-14(10)13-6/h2-4,8H,5,11H2,1H3,(H,15,16). The van der Waals surface area contributed by atoms with E-state index in [1.165, 1.54) is 0 Å². The molecule has 0 amide bonds. The predicted molar refractivity (Wildman–Crippen MR) is 56.9 cm³/mol. The first-order valence-corrected chi connectivity index (χ1v) is 4.87. The second-order valence-corrected chi connectivity index (χ2v) is 3.60. The summed E-state index contributed by atoms with van der Waals surface area (Å²) in [5.41, 5.74) is 7.13. The molecule has 0 spiro atoms. The Bertz CT molecular complexity index is 535. The van der Waals surface area contributed by atoms with E-state index < -0.39 is 12.0 Å². The quantitative estimate of drug-likeness (QED) is 0.786. The Labute approximate surface area is 91.7 Å². The molecule has 2 heterocycles. The zero-order chi connectivity index (χ0) is 11.7. The van der Waals surface area contributed by atoms with Crippen LogP contribution in [0.5, 0.6) is 0 Å². The van der Waals surface area contributed by atoms with Gasteiger partial charge in [0.25, 0.3) is 0 Å². The van der Waals surface area contributed by atoms with Crippen LogP contribution in [0.4, 0.5) is 0 Å². The third kappa shape index (κ3) is 1.87. The molecule has 0 aliphatic heterocycles. The van der Waals surface area contributed by atoms with E-state index >= 15 is 0 Å². The van der Waals surface area contributed by atoms with Crippen LogP contribution in [0.1, 0.15) is 23.9 Å². The van der Waals surface area contributed by atoms with E-state index in [2.05, 4.69) is 10.1 Å². The smallest absolute Gasteiger partial charge is 0.305 e. The summed E-state index contributed by atoms with van der Waals surface area (Å²) in [6, 6.07) is 2.99. The van der Waals surface area contributed by atoms with Gasteiger partial charge in [-0.25, -0.2) is 9.50 Å². The fourth-order valence-corrected chi connectivity index (χ4v) is 1.62. The maximum Gasteiger partial charge on any atom is 0.305 e. The zero-order valence-electron chi connectivity index (χ0n) is 8.79. The molecule has 0 saturated carbocycles. The van der Waals surface area contributed by atoms with E-state index in [9.17, 15) is 4.79 Å². The van der Waals surface area contributed by atoms with E-state index in [0.29, 0.717) is 17.0 Å². The van der Waals surface area contributed by atoms with E-state index in [-0.39, 0.29) is 6.42 Å². The van der Waals surface area contributed by atoms with Crippen molar-refractivity contribution in [1.29, 1.82) is 0 Å². The van der Waals surface area contributed by atoms with Crippen molar-refractivity contribution < 1.29 is 9.90 Å². The highest BCUT2D eigenvalue weighted by Gasteiger charge is 2.15. The van der Waals surface area contributed by atoms with Gasteiger partial charge in [0, 0.05) is 17.8 Å². The molecular formula is C10H12N4O2. The van der Waals surface area contributed by atoms with Gasteiger partial charge in [0.1, 0.15) is 5.82 Å². The number of nitrogens with two attached hydrogens (primary N) is 1. The summed E-state index contributed by atoms with van der Waals surface area (Å²) < 4.78 is 1.60. The topological polar surface area (TPSA) is 93.5 Å². The molecule has 6 nitrogen and oxygen atoms in total. The number of hydrogen-bond donors (Lipinski definition) is 2. The highest BCUT2D eigenvalue weighted by molar-refractivity contribution is 5.68. The Morgan fingerprint density at radius 2 is 2.44 bits per heavy atom. The number of pyridine rings is 1. The van der Waals surface area contributed by atoms with Crippen LogP contribution in [-0.4, -0.2) is 25.7 Å². The normalized spacial score (nSPS) is 12.9. The fourth-order valence-electron chi connectivity index (χ4n) is 1.62. The summed E-state index contributed by atoms with van der Waals surface area (Å²) in [5, 5.41) is 12.8. The van der Waals surface area contributed by atoms with Gasteiger partial charge < -0.3 is 10.8 Å². The summed E-state index contributed by atoms with van der Waals surface area (Å²) in [4.78, 5) is 14.8. The van der Waals surface area contributed by atoms with Crippen molar-refractivity contribution in [1.82, 2.24) is 14.6 Å². The molecular weight excluding hydrogens is 208 g/mol. The molecule has 0 bridgehead atoms. The van der Waals surface area contributed by atoms with Crippen LogP contribution in [-0.2, 0) is 4.79 Å². The minimum atomic E-state index is -0.925. The Hall–Kier alpha value is -1.95. The van der Waals surface area contributed by atoms with Crippen molar-refractivity contribution in [2.45, 2.75) is 19.4 Å². The molecule has 0 saturated heterocycles. The van der Waals surface area contributed by atoms with Crippen LogP contribution in [0.25, 0.3) is 5.65 Å². The van der Waals surface area contributed by atoms with Gasteiger partial charge in [-0.05, 0) is 13.0 Å². The molecule has 1 atom stereocenters. The maximum absolute atomic E-state index is 10.6. The van der Waals surface area contributed by atoms with Gasteiger partial charge >= 0.3 is 5.97 Å². The van der Waals surface area contributed by atoms with Crippen LogP contribution in [0.3, 0.4) is 0 Å². The van der Waals surface area contributed by atoms with Gasteiger partial charge in [-0.1, -0.05) is 6.07 Å². The Balaban J connectivity index is 2.47. The summed E-state index contributed by atoms with van der Waals surface area (Å²) >= 11 is 0. The maximum atomic E-state index is 10.6. The van der Waals surface area contributed by atoms with Crippen LogP contribution in [0, 0.1) is 6.92 Å². The first-order valence-electron chi connectivity index (χ1n) is 4.87. The van der Waals surface area contributed by atoms with Crippen LogP contribution < -0.4 is 5.73 Å². The monoisotopic (exact) mass is 220 g/mol. The number of carboxylic acids is 1. The molecule has 6 heteroatoms. The van der Waals surface area contributed by atoms with Crippen molar-refractivity contribution >= 4 is 11.6 Å². The molecule has 0 fully saturated rings. The third-order valence-corrected chi connectivity index (χ3v) is 2.29. The second-order valence-electron chi connectivity index (χ2n) is 3.60. The Kier molecular flexibility index (Phi) is 2.57. The molecule has 1 unspecified atom stereocenters. The lowest BCUT2D eigenvalue weighted by atomic mass is 10.1. The highest BCUT2D eigenvalue weighted by atomic mass is 16.4. The average molecular weight is 220 g/mol. The van der Waals surface area contributed by atoms with Gasteiger partial charge in [-0.15, -0.1) is 0 Å². The second kappa shape index (κ2) is 3.90. The molecule has 16 heavy (non-hydrogen) atoms. The average Bonchev–Trinajstić information content (AvgIpc) is 2.55.